The van der Waals surface area contributed by atoms with Gasteiger partial charge in [-0.15, -0.1) is 12.4 Å². The maximum atomic E-state index is 12.6. The molecule has 0 aromatic carbocycles. The van der Waals surface area contributed by atoms with Gasteiger partial charge in [0.15, 0.2) is 0 Å². The van der Waals surface area contributed by atoms with Crippen molar-refractivity contribution in [3.8, 4) is 0 Å². The number of halogens is 1. The summed E-state index contributed by atoms with van der Waals surface area (Å²) in [6, 6.07) is 0. The number of amides is 1. The first-order chi connectivity index (χ1) is 10.9. The van der Waals surface area contributed by atoms with Crippen molar-refractivity contribution in [2.45, 2.75) is 53.5 Å². The van der Waals surface area contributed by atoms with E-state index in [-0.39, 0.29) is 18.3 Å². The lowest BCUT2D eigenvalue weighted by atomic mass is 9.96. The summed E-state index contributed by atoms with van der Waals surface area (Å²) in [4.78, 5) is 14.7. The second kappa shape index (κ2) is 9.42. The molecule has 2 rings (SSSR count). The number of aromatic nitrogens is 2. The number of piperidine rings is 1. The summed E-state index contributed by atoms with van der Waals surface area (Å²) in [5, 5.41) is 7.86. The zero-order chi connectivity index (χ0) is 17.0. The van der Waals surface area contributed by atoms with Crippen LogP contribution in [0.3, 0.4) is 0 Å². The van der Waals surface area contributed by atoms with Crippen molar-refractivity contribution in [3.63, 3.8) is 0 Å². The van der Waals surface area contributed by atoms with E-state index in [4.69, 9.17) is 0 Å². The fourth-order valence-corrected chi connectivity index (χ4v) is 3.45. The molecule has 0 radical (unpaired) electrons. The molecule has 1 aliphatic heterocycles. The number of hydrogen-bond donors (Lipinski definition) is 1. The van der Waals surface area contributed by atoms with Gasteiger partial charge >= 0.3 is 0 Å². The van der Waals surface area contributed by atoms with Crippen LogP contribution >= 0.6 is 12.4 Å². The lowest BCUT2D eigenvalue weighted by Gasteiger charge is -2.32. The molecule has 0 saturated carbocycles. The molecule has 1 amide bonds. The topological polar surface area (TPSA) is 50.2 Å². The second-order valence-corrected chi connectivity index (χ2v) is 7.28. The zero-order valence-electron chi connectivity index (χ0n) is 15.8. The molecule has 0 aliphatic carbocycles. The molecule has 0 spiro atoms. The third-order valence-corrected chi connectivity index (χ3v) is 4.86. The van der Waals surface area contributed by atoms with Crippen molar-refractivity contribution in [1.82, 2.24) is 20.0 Å². The third kappa shape index (κ3) is 5.21. The Morgan fingerprint density at radius 3 is 2.46 bits per heavy atom. The van der Waals surface area contributed by atoms with E-state index in [1.54, 1.807) is 0 Å². The van der Waals surface area contributed by atoms with Crippen LogP contribution < -0.4 is 5.32 Å². The first kappa shape index (κ1) is 21.0. The van der Waals surface area contributed by atoms with Crippen molar-refractivity contribution in [2.24, 2.45) is 11.8 Å². The molecule has 5 nitrogen and oxygen atoms in total. The first-order valence-corrected chi connectivity index (χ1v) is 8.87. The van der Waals surface area contributed by atoms with Crippen molar-refractivity contribution >= 4 is 18.3 Å². The first-order valence-electron chi connectivity index (χ1n) is 8.87. The van der Waals surface area contributed by atoms with Gasteiger partial charge in [0.2, 0.25) is 5.91 Å². The molecule has 0 bridgehead atoms. The predicted octanol–water partition coefficient (Wildman–Crippen LogP) is 2.58. The summed E-state index contributed by atoms with van der Waals surface area (Å²) in [6.45, 7) is 12.2. The summed E-state index contributed by atoms with van der Waals surface area (Å²) in [5.41, 5.74) is 3.27. The van der Waals surface area contributed by atoms with Crippen LogP contribution in [0, 0.1) is 25.7 Å². The minimum absolute atomic E-state index is 0. The maximum Gasteiger partial charge on any atom is 0.227 e. The van der Waals surface area contributed by atoms with E-state index >= 15 is 0 Å². The Labute approximate surface area is 152 Å². The second-order valence-electron chi connectivity index (χ2n) is 7.28. The lowest BCUT2D eigenvalue weighted by Crippen LogP contribution is -2.41. The third-order valence-electron chi connectivity index (χ3n) is 4.86. The average molecular weight is 357 g/mol. The van der Waals surface area contributed by atoms with Crippen molar-refractivity contribution < 1.29 is 4.79 Å². The fraction of sp³-hybridized carbons (Fsp3) is 0.778. The Bertz CT molecular complexity index is 533. The summed E-state index contributed by atoms with van der Waals surface area (Å²) in [6.07, 6.45) is 2.71. The Hall–Kier alpha value is -1.07. The lowest BCUT2D eigenvalue weighted by molar-refractivity contribution is -0.131. The number of likely N-dealkylation sites (tertiary alicyclic amines) is 1. The molecule has 24 heavy (non-hydrogen) atoms. The van der Waals surface area contributed by atoms with E-state index in [9.17, 15) is 4.79 Å². The Morgan fingerprint density at radius 2 is 1.92 bits per heavy atom. The highest BCUT2D eigenvalue weighted by Gasteiger charge is 2.24. The van der Waals surface area contributed by atoms with Gasteiger partial charge in [-0.05, 0) is 52.1 Å². The van der Waals surface area contributed by atoms with Gasteiger partial charge in [-0.2, -0.15) is 5.10 Å². The molecule has 2 heterocycles. The minimum atomic E-state index is 0. The monoisotopic (exact) mass is 356 g/mol. The van der Waals surface area contributed by atoms with Crippen LogP contribution in [0.2, 0.25) is 0 Å². The Kier molecular flexibility index (Phi) is 8.23. The van der Waals surface area contributed by atoms with Crippen molar-refractivity contribution in [3.05, 3.63) is 17.0 Å². The standard InChI is InChI=1S/C18H32N4O.ClH/c1-13(2)12-22-15(4)17(14(3)20-22)10-18(23)21-8-6-16(7-9-21)11-19-5;/h13,16,19H,6-12H2,1-5H3;1H. The van der Waals surface area contributed by atoms with Crippen LogP contribution in [0.25, 0.3) is 0 Å². The zero-order valence-corrected chi connectivity index (χ0v) is 16.6. The van der Waals surface area contributed by atoms with Gasteiger partial charge in [-0.1, -0.05) is 13.8 Å². The molecule has 0 atom stereocenters. The van der Waals surface area contributed by atoms with E-state index in [1.165, 1.54) is 0 Å². The molecule has 138 valence electrons. The molecule has 1 fully saturated rings. The molecule has 1 saturated heterocycles. The highest BCUT2D eigenvalue weighted by Crippen LogP contribution is 2.20. The Balaban J connectivity index is 0.00000288. The number of carbonyl (C=O) groups is 1. The SMILES string of the molecule is CNCC1CCN(C(=O)Cc2c(C)nn(CC(C)C)c2C)CC1.Cl. The van der Waals surface area contributed by atoms with Crippen LogP contribution in [-0.4, -0.2) is 47.3 Å². The van der Waals surface area contributed by atoms with Gasteiger partial charge in [0, 0.05) is 30.9 Å². The molecule has 0 unspecified atom stereocenters. The predicted molar refractivity (Wildman–Crippen MR) is 101 cm³/mol. The van der Waals surface area contributed by atoms with Gasteiger partial charge in [-0.3, -0.25) is 9.48 Å². The van der Waals surface area contributed by atoms with Gasteiger partial charge in [0.25, 0.3) is 0 Å². The van der Waals surface area contributed by atoms with Crippen LogP contribution in [-0.2, 0) is 17.8 Å². The van der Waals surface area contributed by atoms with E-state index in [0.29, 0.717) is 18.3 Å². The van der Waals surface area contributed by atoms with E-state index in [2.05, 4.69) is 35.9 Å². The van der Waals surface area contributed by atoms with Gasteiger partial charge < -0.3 is 10.2 Å². The molecule has 1 aromatic rings. The smallest absolute Gasteiger partial charge is 0.227 e. The summed E-state index contributed by atoms with van der Waals surface area (Å²) >= 11 is 0. The van der Waals surface area contributed by atoms with Gasteiger partial charge in [0.1, 0.15) is 0 Å². The van der Waals surface area contributed by atoms with Crippen molar-refractivity contribution in [2.75, 3.05) is 26.7 Å². The summed E-state index contributed by atoms with van der Waals surface area (Å²) < 4.78 is 2.06. The normalized spacial score (nSPS) is 15.7. The van der Waals surface area contributed by atoms with Gasteiger partial charge in [0.05, 0.1) is 12.1 Å². The number of rotatable bonds is 6. The molecule has 1 aromatic heterocycles. The number of carbonyl (C=O) groups excluding carboxylic acids is 1. The number of aryl methyl sites for hydroxylation is 1. The summed E-state index contributed by atoms with van der Waals surface area (Å²) in [7, 11) is 2.00. The minimum Gasteiger partial charge on any atom is -0.342 e. The largest absolute Gasteiger partial charge is 0.342 e. The molecular formula is C18H33ClN4O. The van der Waals surface area contributed by atoms with Crippen molar-refractivity contribution in [1.29, 1.82) is 0 Å². The number of nitrogens with zero attached hydrogens (tertiary/aromatic N) is 3. The quantitative estimate of drug-likeness (QED) is 0.852. The van der Waals surface area contributed by atoms with Crippen LogP contribution in [0.15, 0.2) is 0 Å². The molecule has 6 heteroatoms. The van der Waals surface area contributed by atoms with E-state index < -0.39 is 0 Å². The summed E-state index contributed by atoms with van der Waals surface area (Å²) in [5.74, 6) is 1.52. The molecule has 1 aliphatic rings. The van der Waals surface area contributed by atoms with Crippen LogP contribution in [0.5, 0.6) is 0 Å². The highest BCUT2D eigenvalue weighted by molar-refractivity contribution is 5.85. The van der Waals surface area contributed by atoms with E-state index in [1.807, 2.05) is 18.9 Å². The fourth-order valence-electron chi connectivity index (χ4n) is 3.45. The van der Waals surface area contributed by atoms with E-state index in [0.717, 1.165) is 56.0 Å². The van der Waals surface area contributed by atoms with Crippen LogP contribution in [0.1, 0.15) is 43.6 Å². The van der Waals surface area contributed by atoms with Gasteiger partial charge in [-0.25, -0.2) is 0 Å². The van der Waals surface area contributed by atoms with Crippen LogP contribution in [0.4, 0.5) is 0 Å². The maximum absolute atomic E-state index is 12.6. The highest BCUT2D eigenvalue weighted by atomic mass is 35.5. The number of nitrogens with one attached hydrogen (secondary N) is 1. The Morgan fingerprint density at radius 1 is 1.29 bits per heavy atom. The number of hydrogen-bond acceptors (Lipinski definition) is 3. The molecule has 1 N–H and O–H groups in total. The average Bonchev–Trinajstić information content (AvgIpc) is 2.75. The molecular weight excluding hydrogens is 324 g/mol.